The Morgan fingerprint density at radius 1 is 1.27 bits per heavy atom. The third-order valence-corrected chi connectivity index (χ3v) is 0.756. The Labute approximate surface area is 87.0 Å². The largest absolute Gasteiger partial charge is 1.00 e. The molecule has 0 saturated heterocycles. The number of carboxylic acid groups (broad SMARTS) is 1. The van der Waals surface area contributed by atoms with Crippen LogP contribution in [0, 0.1) is 0 Å². The summed E-state index contributed by atoms with van der Waals surface area (Å²) in [5.41, 5.74) is 0. The van der Waals surface area contributed by atoms with Crippen LogP contribution in [0.2, 0.25) is 0 Å². The van der Waals surface area contributed by atoms with Crippen LogP contribution in [0.1, 0.15) is 0 Å². The topological polar surface area (TPSA) is 60.4 Å². The number of aromatic hydroxyl groups is 1. The standard InChI is InChI=1S/C6H6O.CH2O2.Na/c7-6-4-2-1-3-5-6;2-1-3;/h1-5,7H;1H,(H,2,3);/q;;+1/p-1. The van der Waals surface area contributed by atoms with Crippen LogP contribution >= 0.6 is 0 Å². The van der Waals surface area contributed by atoms with Crippen molar-refractivity contribution in [2.24, 2.45) is 0 Å². The van der Waals surface area contributed by atoms with Gasteiger partial charge in [-0.25, -0.2) is 0 Å². The van der Waals surface area contributed by atoms with E-state index in [0.29, 0.717) is 5.75 Å². The minimum atomic E-state index is -0.500. The summed E-state index contributed by atoms with van der Waals surface area (Å²) in [5.74, 6) is 0.322. The molecule has 0 aliphatic rings. The van der Waals surface area contributed by atoms with Crippen LogP contribution in [0.4, 0.5) is 0 Å². The maximum Gasteiger partial charge on any atom is 1.00 e. The first-order valence-electron chi connectivity index (χ1n) is 2.61. The van der Waals surface area contributed by atoms with Crippen LogP contribution in [-0.2, 0) is 4.79 Å². The Bertz CT molecular complexity index is 176. The molecule has 0 saturated carbocycles. The van der Waals surface area contributed by atoms with Crippen molar-refractivity contribution in [3.8, 4) is 5.75 Å². The van der Waals surface area contributed by atoms with Crippen molar-refractivity contribution in [1.29, 1.82) is 0 Å². The van der Waals surface area contributed by atoms with Crippen LogP contribution in [0.25, 0.3) is 0 Å². The van der Waals surface area contributed by atoms with Crippen molar-refractivity contribution in [3.63, 3.8) is 0 Å². The molecule has 0 unspecified atom stereocenters. The maximum absolute atomic E-state index is 8.63. The molecule has 0 radical (unpaired) electrons. The number of hydrogen-bond donors (Lipinski definition) is 1. The van der Waals surface area contributed by atoms with Gasteiger partial charge in [0.25, 0.3) is 0 Å². The molecule has 0 atom stereocenters. The van der Waals surface area contributed by atoms with E-state index in [2.05, 4.69) is 0 Å². The molecule has 0 amide bonds. The first-order chi connectivity index (χ1) is 4.81. The molecule has 4 heteroatoms. The summed E-state index contributed by atoms with van der Waals surface area (Å²) < 4.78 is 0. The number of hydrogen-bond acceptors (Lipinski definition) is 3. The summed E-state index contributed by atoms with van der Waals surface area (Å²) in [6, 6.07) is 8.71. The second-order valence-electron chi connectivity index (χ2n) is 1.43. The first kappa shape index (κ1) is 13.1. The number of carbonyl (C=O) groups is 1. The van der Waals surface area contributed by atoms with Crippen molar-refractivity contribution >= 4 is 6.47 Å². The van der Waals surface area contributed by atoms with Gasteiger partial charge in [0, 0.05) is 6.47 Å². The summed E-state index contributed by atoms with van der Waals surface area (Å²) in [5, 5.41) is 16.9. The fourth-order valence-corrected chi connectivity index (χ4v) is 0.428. The zero-order chi connectivity index (χ0) is 7.82. The van der Waals surface area contributed by atoms with Crippen LogP contribution in [0.3, 0.4) is 0 Å². The predicted octanol–water partition coefficient (Wildman–Crippen LogP) is -3.24. The summed E-state index contributed by atoms with van der Waals surface area (Å²) in [6.07, 6.45) is 0. The number of carbonyl (C=O) groups excluding carboxylic acids is 1. The van der Waals surface area contributed by atoms with Gasteiger partial charge in [0.15, 0.2) is 0 Å². The Kier molecular flexibility index (Phi) is 11.3. The Morgan fingerprint density at radius 3 is 1.82 bits per heavy atom. The average molecular weight is 162 g/mol. The first-order valence-corrected chi connectivity index (χ1v) is 2.61. The van der Waals surface area contributed by atoms with E-state index in [1.807, 2.05) is 6.07 Å². The second-order valence-corrected chi connectivity index (χ2v) is 1.43. The van der Waals surface area contributed by atoms with E-state index in [1.54, 1.807) is 24.3 Å². The van der Waals surface area contributed by atoms with Gasteiger partial charge >= 0.3 is 29.6 Å². The van der Waals surface area contributed by atoms with E-state index >= 15 is 0 Å². The number of rotatable bonds is 0. The minimum Gasteiger partial charge on any atom is -0.554 e. The molecule has 0 heterocycles. The number of para-hydroxylation sites is 1. The van der Waals surface area contributed by atoms with Crippen LogP contribution in [0.15, 0.2) is 30.3 Å². The van der Waals surface area contributed by atoms with Gasteiger partial charge in [-0.05, 0) is 12.1 Å². The Balaban J connectivity index is 0. The van der Waals surface area contributed by atoms with Gasteiger partial charge < -0.3 is 15.0 Å². The smallest absolute Gasteiger partial charge is 0.554 e. The van der Waals surface area contributed by atoms with Gasteiger partial charge in [0.05, 0.1) is 0 Å². The molecule has 0 aliphatic carbocycles. The van der Waals surface area contributed by atoms with Crippen molar-refractivity contribution in [1.82, 2.24) is 0 Å². The molecule has 11 heavy (non-hydrogen) atoms. The van der Waals surface area contributed by atoms with E-state index in [1.165, 1.54) is 0 Å². The van der Waals surface area contributed by atoms with Gasteiger partial charge in [-0.3, -0.25) is 0 Å². The molecule has 1 aromatic carbocycles. The summed E-state index contributed by atoms with van der Waals surface area (Å²) in [6.45, 7) is -0.500. The molecular weight excluding hydrogens is 155 g/mol. The monoisotopic (exact) mass is 162 g/mol. The van der Waals surface area contributed by atoms with E-state index in [-0.39, 0.29) is 29.6 Å². The third kappa shape index (κ3) is 9.49. The predicted molar refractivity (Wildman–Crippen MR) is 34.2 cm³/mol. The molecule has 0 aromatic heterocycles. The SMILES string of the molecule is O=C[O-].Oc1ccccc1.[Na+]. The van der Waals surface area contributed by atoms with Crippen molar-refractivity contribution in [3.05, 3.63) is 30.3 Å². The summed E-state index contributed by atoms with van der Waals surface area (Å²) >= 11 is 0. The van der Waals surface area contributed by atoms with Crippen molar-refractivity contribution < 1.29 is 44.6 Å². The van der Waals surface area contributed by atoms with Crippen molar-refractivity contribution in [2.75, 3.05) is 0 Å². The van der Waals surface area contributed by atoms with E-state index in [0.717, 1.165) is 0 Å². The third-order valence-electron chi connectivity index (χ3n) is 0.756. The maximum atomic E-state index is 8.63. The molecule has 0 aliphatic heterocycles. The van der Waals surface area contributed by atoms with E-state index in [4.69, 9.17) is 15.0 Å². The van der Waals surface area contributed by atoms with E-state index in [9.17, 15) is 0 Å². The minimum absolute atomic E-state index is 0. The molecule has 0 bridgehead atoms. The zero-order valence-corrected chi connectivity index (χ0v) is 8.23. The van der Waals surface area contributed by atoms with E-state index < -0.39 is 6.47 Å². The number of benzene rings is 1. The van der Waals surface area contributed by atoms with Gasteiger partial charge in [0.1, 0.15) is 5.75 Å². The van der Waals surface area contributed by atoms with Crippen LogP contribution < -0.4 is 34.7 Å². The molecule has 1 aromatic rings. The van der Waals surface area contributed by atoms with Crippen molar-refractivity contribution in [2.45, 2.75) is 0 Å². The molecular formula is C7H7NaO3. The Hall–Kier alpha value is -0.510. The molecule has 0 spiro atoms. The average Bonchev–Trinajstić information content (AvgIpc) is 1.91. The zero-order valence-electron chi connectivity index (χ0n) is 6.23. The molecule has 1 rings (SSSR count). The molecule has 1 N–H and O–H groups in total. The van der Waals surface area contributed by atoms with Gasteiger partial charge in [-0.15, -0.1) is 0 Å². The van der Waals surface area contributed by atoms with Crippen LogP contribution in [-0.4, -0.2) is 11.6 Å². The normalized spacial score (nSPS) is 6.55. The fourth-order valence-electron chi connectivity index (χ4n) is 0.428. The Morgan fingerprint density at radius 2 is 1.64 bits per heavy atom. The fraction of sp³-hybridized carbons (Fsp3) is 0. The summed E-state index contributed by atoms with van der Waals surface area (Å²) in [4.78, 5) is 8.25. The van der Waals surface area contributed by atoms with Crippen LogP contribution in [0.5, 0.6) is 5.75 Å². The van der Waals surface area contributed by atoms with Gasteiger partial charge in [-0.1, -0.05) is 18.2 Å². The van der Waals surface area contributed by atoms with Gasteiger partial charge in [0.2, 0.25) is 0 Å². The van der Waals surface area contributed by atoms with Gasteiger partial charge in [-0.2, -0.15) is 0 Å². The second kappa shape index (κ2) is 9.49. The quantitative estimate of drug-likeness (QED) is 0.322. The summed E-state index contributed by atoms with van der Waals surface area (Å²) in [7, 11) is 0. The number of phenolic OH excluding ortho intramolecular Hbond substituents is 1. The molecule has 3 nitrogen and oxygen atoms in total. The molecule has 0 fully saturated rings. The number of phenols is 1. The molecule has 54 valence electrons.